The summed E-state index contributed by atoms with van der Waals surface area (Å²) in [5, 5.41) is 2.95. The molecule has 9 nitrogen and oxygen atoms in total. The van der Waals surface area contributed by atoms with Gasteiger partial charge in [0.2, 0.25) is 21.8 Å². The summed E-state index contributed by atoms with van der Waals surface area (Å²) in [5.74, 6) is 0.603. The van der Waals surface area contributed by atoms with Gasteiger partial charge >= 0.3 is 0 Å². The maximum absolute atomic E-state index is 13.4. The lowest BCUT2D eigenvalue weighted by atomic mass is 10.1. The second-order valence-electron chi connectivity index (χ2n) is 9.41. The quantitative estimate of drug-likeness (QED) is 0.388. The van der Waals surface area contributed by atoms with Crippen molar-refractivity contribution in [1.82, 2.24) is 10.2 Å². The van der Waals surface area contributed by atoms with Crippen molar-refractivity contribution in [2.45, 2.75) is 58.7 Å². The highest BCUT2D eigenvalue weighted by Gasteiger charge is 2.27. The van der Waals surface area contributed by atoms with Gasteiger partial charge in [0.25, 0.3) is 0 Å². The van der Waals surface area contributed by atoms with Gasteiger partial charge in [0.1, 0.15) is 19.3 Å². The Morgan fingerprint density at radius 2 is 1.71 bits per heavy atom. The van der Waals surface area contributed by atoms with E-state index in [4.69, 9.17) is 9.47 Å². The van der Waals surface area contributed by atoms with Crippen LogP contribution in [0.4, 0.5) is 5.69 Å². The molecule has 1 heterocycles. The van der Waals surface area contributed by atoms with E-state index < -0.39 is 16.1 Å². The molecular weight excluding hydrogens is 574 g/mol. The first-order chi connectivity index (χ1) is 18.0. The molecule has 0 bridgehead atoms. The number of rotatable bonds is 12. The van der Waals surface area contributed by atoms with Crippen molar-refractivity contribution in [3.63, 3.8) is 0 Å². The summed E-state index contributed by atoms with van der Waals surface area (Å²) in [6, 6.07) is 11.9. The summed E-state index contributed by atoms with van der Waals surface area (Å²) < 4.78 is 38.5. The summed E-state index contributed by atoms with van der Waals surface area (Å²) in [5.41, 5.74) is 1.33. The molecule has 0 saturated carbocycles. The van der Waals surface area contributed by atoms with Crippen LogP contribution >= 0.6 is 15.9 Å². The Morgan fingerprint density at radius 3 is 2.34 bits per heavy atom. The predicted molar refractivity (Wildman–Crippen MR) is 151 cm³/mol. The van der Waals surface area contributed by atoms with E-state index in [0.717, 1.165) is 22.7 Å². The highest BCUT2D eigenvalue weighted by molar-refractivity contribution is 9.10. The summed E-state index contributed by atoms with van der Waals surface area (Å²) in [7, 11) is -3.62. The fourth-order valence-electron chi connectivity index (χ4n) is 4.03. The summed E-state index contributed by atoms with van der Waals surface area (Å²) in [6.45, 7) is 6.81. The van der Waals surface area contributed by atoms with Crippen LogP contribution in [-0.2, 0) is 26.2 Å². The third kappa shape index (κ3) is 8.10. The number of hydrogen-bond donors (Lipinski definition) is 1. The van der Waals surface area contributed by atoms with Crippen molar-refractivity contribution in [3.8, 4) is 11.5 Å². The molecule has 2 amide bonds. The summed E-state index contributed by atoms with van der Waals surface area (Å²) in [4.78, 5) is 27.9. The van der Waals surface area contributed by atoms with Crippen molar-refractivity contribution in [1.29, 1.82) is 0 Å². The van der Waals surface area contributed by atoms with E-state index >= 15 is 0 Å². The number of carbonyl (C=O) groups is 2. The van der Waals surface area contributed by atoms with Crippen molar-refractivity contribution in [2.24, 2.45) is 0 Å². The molecule has 3 rings (SSSR count). The maximum atomic E-state index is 13.4. The van der Waals surface area contributed by atoms with Crippen molar-refractivity contribution < 1.29 is 27.5 Å². The Morgan fingerprint density at radius 1 is 1.05 bits per heavy atom. The zero-order valence-electron chi connectivity index (χ0n) is 22.3. The molecule has 0 radical (unpaired) electrons. The SMILES string of the molecule is CC[C@@H](C)NC(=O)[C@@H](C)N(Cc1ccc(Br)cc1)C(=O)CCCN(c1ccc2c(c1)OCCO2)S(C)(=O)=O. The van der Waals surface area contributed by atoms with E-state index in [2.05, 4.69) is 21.2 Å². The number of anilines is 1. The number of nitrogens with zero attached hydrogens (tertiary/aromatic N) is 2. The number of halogens is 1. The smallest absolute Gasteiger partial charge is 0.242 e. The number of sulfonamides is 1. The highest BCUT2D eigenvalue weighted by Crippen LogP contribution is 2.34. The van der Waals surface area contributed by atoms with E-state index in [1.54, 1.807) is 30.0 Å². The second kappa shape index (κ2) is 13.3. The summed E-state index contributed by atoms with van der Waals surface area (Å²) >= 11 is 3.42. The molecule has 0 aliphatic carbocycles. The first kappa shape index (κ1) is 29.8. The van der Waals surface area contributed by atoms with Gasteiger partial charge in [0.15, 0.2) is 11.5 Å². The van der Waals surface area contributed by atoms with E-state index in [-0.39, 0.29) is 43.8 Å². The topological polar surface area (TPSA) is 105 Å². The molecule has 1 aliphatic heterocycles. The number of benzene rings is 2. The molecule has 1 N–H and O–H groups in total. The number of ether oxygens (including phenoxy) is 2. The van der Waals surface area contributed by atoms with Crippen LogP contribution < -0.4 is 19.1 Å². The van der Waals surface area contributed by atoms with Gasteiger partial charge in [-0.3, -0.25) is 13.9 Å². The first-order valence-electron chi connectivity index (χ1n) is 12.7. The molecule has 2 atom stereocenters. The summed E-state index contributed by atoms with van der Waals surface area (Å²) in [6.07, 6.45) is 2.26. The van der Waals surface area contributed by atoms with Gasteiger partial charge in [0, 0.05) is 36.1 Å². The van der Waals surface area contributed by atoms with Crippen molar-refractivity contribution in [2.75, 3.05) is 30.3 Å². The monoisotopic (exact) mass is 609 g/mol. The van der Waals surface area contributed by atoms with Crippen LogP contribution in [0.3, 0.4) is 0 Å². The highest BCUT2D eigenvalue weighted by atomic mass is 79.9. The average molecular weight is 611 g/mol. The zero-order chi connectivity index (χ0) is 27.9. The molecule has 38 heavy (non-hydrogen) atoms. The lowest BCUT2D eigenvalue weighted by Crippen LogP contribution is -2.49. The molecule has 0 spiro atoms. The van der Waals surface area contributed by atoms with E-state index in [9.17, 15) is 18.0 Å². The standard InChI is InChI=1S/C27H36BrN3O6S/c1-5-19(2)29-27(33)20(3)30(18-21-8-10-22(28)11-9-21)26(32)7-6-14-31(38(4,34)35)23-12-13-24-25(17-23)37-16-15-36-24/h8-13,17,19-20H,5-7,14-16,18H2,1-4H3,(H,29,33)/t19-,20-/m1/s1. The Kier molecular flexibility index (Phi) is 10.4. The molecule has 11 heteroatoms. The van der Waals surface area contributed by atoms with Crippen molar-refractivity contribution >= 4 is 43.5 Å². The molecular formula is C27H36BrN3O6S. The molecule has 1 aliphatic rings. The van der Waals surface area contributed by atoms with Gasteiger partial charge in [-0.15, -0.1) is 0 Å². The molecule has 0 aromatic heterocycles. The van der Waals surface area contributed by atoms with Crippen LogP contribution in [0, 0.1) is 0 Å². The van der Waals surface area contributed by atoms with Crippen LogP contribution in [0.1, 0.15) is 45.6 Å². The van der Waals surface area contributed by atoms with Gasteiger partial charge < -0.3 is 19.7 Å². The van der Waals surface area contributed by atoms with Crippen LogP contribution in [-0.4, -0.2) is 63.2 Å². The number of fused-ring (bicyclic) bond motifs is 1. The number of hydrogen-bond acceptors (Lipinski definition) is 6. The minimum absolute atomic E-state index is 0.0103. The predicted octanol–water partition coefficient (Wildman–Crippen LogP) is 4.10. The fraction of sp³-hybridized carbons (Fsp3) is 0.481. The van der Waals surface area contributed by atoms with Gasteiger partial charge in [-0.2, -0.15) is 0 Å². The van der Waals surface area contributed by atoms with Crippen LogP contribution in [0.2, 0.25) is 0 Å². The zero-order valence-corrected chi connectivity index (χ0v) is 24.7. The molecule has 0 fully saturated rings. The lowest BCUT2D eigenvalue weighted by Gasteiger charge is -2.30. The van der Waals surface area contributed by atoms with E-state index in [0.29, 0.717) is 30.4 Å². The maximum Gasteiger partial charge on any atom is 0.242 e. The third-order valence-electron chi connectivity index (χ3n) is 6.40. The Hall–Kier alpha value is -2.79. The molecule has 0 unspecified atom stereocenters. The molecule has 208 valence electrons. The average Bonchev–Trinajstić information content (AvgIpc) is 2.89. The van der Waals surface area contributed by atoms with Crippen LogP contribution in [0.5, 0.6) is 11.5 Å². The molecule has 2 aromatic carbocycles. The third-order valence-corrected chi connectivity index (χ3v) is 8.12. The Labute approximate surface area is 233 Å². The second-order valence-corrected chi connectivity index (χ2v) is 12.2. The number of amides is 2. The van der Waals surface area contributed by atoms with Gasteiger partial charge in [-0.25, -0.2) is 8.42 Å². The Balaban J connectivity index is 1.73. The molecule has 0 saturated heterocycles. The lowest BCUT2D eigenvalue weighted by molar-refractivity contribution is -0.140. The number of nitrogens with one attached hydrogen (secondary N) is 1. The largest absolute Gasteiger partial charge is 0.486 e. The van der Waals surface area contributed by atoms with E-state index in [1.807, 2.05) is 38.1 Å². The van der Waals surface area contributed by atoms with Crippen molar-refractivity contribution in [3.05, 3.63) is 52.5 Å². The minimum atomic E-state index is -3.62. The number of carbonyl (C=O) groups excluding carboxylic acids is 2. The van der Waals surface area contributed by atoms with Crippen LogP contribution in [0.25, 0.3) is 0 Å². The molecule has 2 aromatic rings. The minimum Gasteiger partial charge on any atom is -0.486 e. The van der Waals surface area contributed by atoms with Gasteiger partial charge in [0.05, 0.1) is 11.9 Å². The van der Waals surface area contributed by atoms with Crippen LogP contribution in [0.15, 0.2) is 46.9 Å². The first-order valence-corrected chi connectivity index (χ1v) is 15.4. The normalized spacial score (nSPS) is 14.3. The van der Waals surface area contributed by atoms with Gasteiger partial charge in [-0.05, 0) is 56.5 Å². The Bertz CT molecular complexity index is 1220. The fourth-order valence-corrected chi connectivity index (χ4v) is 5.25. The van der Waals surface area contributed by atoms with E-state index in [1.165, 1.54) is 4.31 Å². The van der Waals surface area contributed by atoms with Gasteiger partial charge in [-0.1, -0.05) is 35.0 Å².